The lowest BCUT2D eigenvalue weighted by atomic mass is 9.69. The van der Waals surface area contributed by atoms with E-state index in [1.54, 1.807) is 30.3 Å². The Morgan fingerprint density at radius 2 is 1.17 bits per heavy atom. The van der Waals surface area contributed by atoms with Gasteiger partial charge in [0.2, 0.25) is 0 Å². The Labute approximate surface area is 240 Å². The van der Waals surface area contributed by atoms with E-state index in [0.717, 1.165) is 67.5 Å². The maximum absolute atomic E-state index is 15.1. The highest BCUT2D eigenvalue weighted by molar-refractivity contribution is 5.97. The van der Waals surface area contributed by atoms with Crippen molar-refractivity contribution in [1.82, 2.24) is 0 Å². The van der Waals surface area contributed by atoms with Crippen LogP contribution in [0.2, 0.25) is 0 Å². The largest absolute Gasteiger partial charge is 0.453 e. The molecule has 1 atom stereocenters. The van der Waals surface area contributed by atoms with Gasteiger partial charge in [-0.05, 0) is 118 Å². The molecule has 1 heterocycles. The lowest BCUT2D eigenvalue weighted by Crippen LogP contribution is -2.28. The molecule has 5 aromatic rings. The summed E-state index contributed by atoms with van der Waals surface area (Å²) in [6, 6.07) is 31.5. The van der Waals surface area contributed by atoms with Gasteiger partial charge in [-0.2, -0.15) is 0 Å². The van der Waals surface area contributed by atoms with E-state index in [1.165, 1.54) is 12.1 Å². The molecule has 42 heavy (non-hydrogen) atoms. The second kappa shape index (κ2) is 8.26. The summed E-state index contributed by atoms with van der Waals surface area (Å²) in [7, 11) is 0. The fraction of sp³-hybridized carbons (Fsp3) is 0.0811. The van der Waals surface area contributed by atoms with E-state index in [0.29, 0.717) is 12.0 Å². The van der Waals surface area contributed by atoms with Crippen LogP contribution in [-0.2, 0) is 5.41 Å². The summed E-state index contributed by atoms with van der Waals surface area (Å²) in [6.45, 7) is 0. The second-order valence-electron chi connectivity index (χ2n) is 11.2. The number of fused-ring (bicyclic) bond motifs is 11. The van der Waals surface area contributed by atoms with Crippen molar-refractivity contribution in [3.05, 3.63) is 154 Å². The third-order valence-electron chi connectivity index (χ3n) is 9.13. The molecule has 0 saturated heterocycles. The topological polar surface area (TPSA) is 12.5 Å². The van der Waals surface area contributed by atoms with Gasteiger partial charge in [-0.25, -0.2) is 13.2 Å². The predicted molar refractivity (Wildman–Crippen MR) is 158 cm³/mol. The third-order valence-corrected chi connectivity index (χ3v) is 9.13. The van der Waals surface area contributed by atoms with E-state index in [4.69, 9.17) is 4.74 Å². The predicted octanol–water partition coefficient (Wildman–Crippen LogP) is 10.3. The Morgan fingerprint density at radius 1 is 0.595 bits per heavy atom. The molecular weight excluding hydrogens is 531 g/mol. The molecule has 0 amide bonds. The van der Waals surface area contributed by atoms with E-state index >= 15 is 13.2 Å². The van der Waals surface area contributed by atoms with Crippen LogP contribution in [-0.4, -0.2) is 0 Å². The fourth-order valence-corrected chi connectivity index (χ4v) is 7.53. The van der Waals surface area contributed by atoms with Gasteiger partial charge < -0.3 is 9.64 Å². The van der Waals surface area contributed by atoms with Gasteiger partial charge in [-0.3, -0.25) is 0 Å². The summed E-state index contributed by atoms with van der Waals surface area (Å²) in [5.74, 6) is 0.472. The van der Waals surface area contributed by atoms with Gasteiger partial charge in [0.05, 0.1) is 16.8 Å². The molecule has 1 aliphatic heterocycles. The number of nitrogens with zero attached hydrogens (tertiary/aromatic N) is 1. The first-order valence-corrected chi connectivity index (χ1v) is 14.0. The molecule has 0 aromatic heterocycles. The molecule has 1 unspecified atom stereocenters. The molecule has 9 rings (SSSR count). The van der Waals surface area contributed by atoms with Gasteiger partial charge >= 0.3 is 0 Å². The quantitative estimate of drug-likeness (QED) is 0.201. The van der Waals surface area contributed by atoms with Crippen molar-refractivity contribution >= 4 is 22.6 Å². The minimum Gasteiger partial charge on any atom is -0.453 e. The molecule has 5 aromatic carbocycles. The van der Waals surface area contributed by atoms with Crippen molar-refractivity contribution in [3.63, 3.8) is 0 Å². The Morgan fingerprint density at radius 3 is 1.86 bits per heavy atom. The summed E-state index contributed by atoms with van der Waals surface area (Å²) in [5.41, 5.74) is 8.33. The summed E-state index contributed by atoms with van der Waals surface area (Å²) >= 11 is 0. The molecule has 0 fully saturated rings. The monoisotopic (exact) mass is 553 g/mol. The first kappa shape index (κ1) is 23.7. The Bertz CT molecular complexity index is 2030. The minimum absolute atomic E-state index is 0.222. The summed E-state index contributed by atoms with van der Waals surface area (Å²) in [5, 5.41) is 0. The van der Waals surface area contributed by atoms with Gasteiger partial charge in [0, 0.05) is 12.1 Å². The number of allylic oxidation sites excluding steroid dienone is 4. The van der Waals surface area contributed by atoms with Crippen LogP contribution < -0.4 is 9.64 Å². The zero-order valence-electron chi connectivity index (χ0n) is 22.3. The number of rotatable bonds is 1. The van der Waals surface area contributed by atoms with Crippen LogP contribution >= 0.6 is 0 Å². The van der Waals surface area contributed by atoms with Crippen LogP contribution in [0.4, 0.5) is 30.2 Å². The van der Waals surface area contributed by atoms with Crippen molar-refractivity contribution in [3.8, 4) is 22.6 Å². The highest BCUT2D eigenvalue weighted by Gasteiger charge is 2.53. The van der Waals surface area contributed by atoms with E-state index in [-0.39, 0.29) is 23.9 Å². The number of para-hydroxylation sites is 4. The maximum atomic E-state index is 15.1. The average molecular weight is 554 g/mol. The van der Waals surface area contributed by atoms with Gasteiger partial charge in [0.15, 0.2) is 11.5 Å². The first-order valence-electron chi connectivity index (χ1n) is 14.0. The van der Waals surface area contributed by atoms with E-state index in [1.807, 2.05) is 48.5 Å². The van der Waals surface area contributed by atoms with E-state index in [9.17, 15) is 0 Å². The number of anilines is 3. The number of hydrogen-bond donors (Lipinski definition) is 0. The van der Waals surface area contributed by atoms with Crippen LogP contribution in [0.5, 0.6) is 11.5 Å². The SMILES string of the molecule is FC1=CC2=C(CC1)c1ccc(F)cc1C21c2cc(F)ccc2-c2ccc(N3c4ccccc4Oc4ccccc43)cc21. The zero-order valence-corrected chi connectivity index (χ0v) is 22.3. The van der Waals surface area contributed by atoms with E-state index in [2.05, 4.69) is 23.1 Å². The number of benzene rings is 5. The number of halogens is 3. The van der Waals surface area contributed by atoms with Crippen LogP contribution in [0.25, 0.3) is 16.7 Å². The van der Waals surface area contributed by atoms with Crippen LogP contribution in [0, 0.1) is 11.6 Å². The first-order chi connectivity index (χ1) is 20.5. The van der Waals surface area contributed by atoms with Crippen molar-refractivity contribution in [2.24, 2.45) is 0 Å². The molecule has 4 aliphatic rings. The average Bonchev–Trinajstić information content (AvgIpc) is 3.45. The molecule has 2 nitrogen and oxygen atoms in total. The van der Waals surface area contributed by atoms with Gasteiger partial charge in [0.25, 0.3) is 0 Å². The third kappa shape index (κ3) is 2.95. The highest BCUT2D eigenvalue weighted by atomic mass is 19.1. The van der Waals surface area contributed by atoms with Gasteiger partial charge in [-0.15, -0.1) is 0 Å². The van der Waals surface area contributed by atoms with Gasteiger partial charge in [-0.1, -0.05) is 42.5 Å². The molecule has 202 valence electrons. The molecule has 0 bridgehead atoms. The summed E-state index contributed by atoms with van der Waals surface area (Å²) in [6.07, 6.45) is 2.39. The summed E-state index contributed by atoms with van der Waals surface area (Å²) in [4.78, 5) is 2.15. The van der Waals surface area contributed by atoms with Crippen molar-refractivity contribution < 1.29 is 17.9 Å². The van der Waals surface area contributed by atoms with Crippen LogP contribution in [0.15, 0.2) is 121 Å². The molecule has 0 radical (unpaired) electrons. The molecule has 0 saturated carbocycles. The van der Waals surface area contributed by atoms with Gasteiger partial charge in [0.1, 0.15) is 17.5 Å². The lowest BCUT2D eigenvalue weighted by molar-refractivity contribution is 0.477. The molecule has 3 aliphatic carbocycles. The Kier molecular flexibility index (Phi) is 4.65. The smallest absolute Gasteiger partial charge is 0.151 e. The molecular formula is C37H22F3NO. The van der Waals surface area contributed by atoms with Crippen molar-refractivity contribution in [2.75, 3.05) is 4.90 Å². The van der Waals surface area contributed by atoms with Crippen molar-refractivity contribution in [2.45, 2.75) is 18.3 Å². The number of hydrogen-bond acceptors (Lipinski definition) is 2. The minimum atomic E-state index is -1.06. The maximum Gasteiger partial charge on any atom is 0.151 e. The molecule has 1 spiro atoms. The number of ether oxygens (including phenoxy) is 1. The van der Waals surface area contributed by atoms with Crippen molar-refractivity contribution in [1.29, 1.82) is 0 Å². The standard InChI is InChI=1S/C37H22F3NO/c38-21-9-13-25-26-14-10-22(39)18-30(26)37(29(25)17-21)31-19-23(40)11-15-27(31)28-16-12-24(20-32(28)37)41-33-5-1-3-7-35(33)42-36-8-4-2-6-34(36)41/h1-9,11-13,15-20H,10,14H2. The Hall–Kier alpha value is -5.03. The highest BCUT2D eigenvalue weighted by Crippen LogP contribution is 2.64. The normalized spacial score (nSPS) is 18.9. The second-order valence-corrected chi connectivity index (χ2v) is 11.2. The molecule has 5 heteroatoms. The Balaban J connectivity index is 1.38. The van der Waals surface area contributed by atoms with Crippen LogP contribution in [0.1, 0.15) is 35.1 Å². The summed E-state index contributed by atoms with van der Waals surface area (Å²) < 4.78 is 51.5. The molecule has 0 N–H and O–H groups in total. The van der Waals surface area contributed by atoms with E-state index < -0.39 is 5.41 Å². The zero-order chi connectivity index (χ0) is 28.2. The fourth-order valence-electron chi connectivity index (χ4n) is 7.53. The van der Waals surface area contributed by atoms with Crippen LogP contribution in [0.3, 0.4) is 0 Å². The lowest BCUT2D eigenvalue weighted by Gasteiger charge is -2.35.